The van der Waals surface area contributed by atoms with Crippen molar-refractivity contribution in [3.63, 3.8) is 0 Å². The molecule has 128 valence electrons. The summed E-state index contributed by atoms with van der Waals surface area (Å²) in [4.78, 5) is 18.5. The van der Waals surface area contributed by atoms with Crippen LogP contribution >= 0.6 is 0 Å². The Bertz CT molecular complexity index is 882. The van der Waals surface area contributed by atoms with Crippen molar-refractivity contribution in [3.8, 4) is 11.3 Å². The Labute approximate surface area is 145 Å². The van der Waals surface area contributed by atoms with Gasteiger partial charge in [0.15, 0.2) is 0 Å². The smallest absolute Gasteiger partial charge is 0.215 e. The molecule has 25 heavy (non-hydrogen) atoms. The van der Waals surface area contributed by atoms with Crippen molar-refractivity contribution in [3.05, 3.63) is 54.5 Å². The number of fused-ring (bicyclic) bond motifs is 1. The number of carbonyl (C=O) groups is 1. The maximum Gasteiger partial charge on any atom is 0.215 e. The van der Waals surface area contributed by atoms with Gasteiger partial charge in [-0.25, -0.2) is 9.37 Å². The molecule has 0 unspecified atom stereocenters. The fourth-order valence-electron chi connectivity index (χ4n) is 3.70. The molecule has 0 aliphatic heterocycles. The Hall–Kier alpha value is -2.69. The molecule has 0 saturated heterocycles. The Morgan fingerprint density at radius 1 is 1.08 bits per heavy atom. The van der Waals surface area contributed by atoms with Gasteiger partial charge >= 0.3 is 0 Å². The third kappa shape index (κ3) is 2.90. The zero-order valence-electron chi connectivity index (χ0n) is 13.9. The lowest BCUT2D eigenvalue weighted by Crippen LogP contribution is -2.36. The molecule has 1 aromatic carbocycles. The quantitative estimate of drug-likeness (QED) is 0.660. The van der Waals surface area contributed by atoms with Crippen LogP contribution in [-0.4, -0.2) is 21.8 Å². The Morgan fingerprint density at radius 2 is 1.84 bits per heavy atom. The van der Waals surface area contributed by atoms with Crippen molar-refractivity contribution in [1.29, 1.82) is 0 Å². The summed E-state index contributed by atoms with van der Waals surface area (Å²) in [7, 11) is 0. The van der Waals surface area contributed by atoms with Gasteiger partial charge < -0.3 is 0 Å². The fraction of sp³-hybridized carbons (Fsp3) is 0.300. The second-order valence-electron chi connectivity index (χ2n) is 6.52. The van der Waals surface area contributed by atoms with Crippen LogP contribution in [0.1, 0.15) is 32.1 Å². The van der Waals surface area contributed by atoms with Crippen LogP contribution in [0.5, 0.6) is 0 Å². The summed E-state index contributed by atoms with van der Waals surface area (Å²) in [6, 6.07) is 12.2. The summed E-state index contributed by atoms with van der Waals surface area (Å²) >= 11 is 0. The second kappa shape index (κ2) is 6.67. The van der Waals surface area contributed by atoms with Gasteiger partial charge in [-0.3, -0.25) is 14.1 Å². The van der Waals surface area contributed by atoms with Gasteiger partial charge in [-0.05, 0) is 49.2 Å². The molecule has 3 aromatic rings. The minimum absolute atomic E-state index is 0.186. The molecule has 0 spiro atoms. The topological polar surface area (TPSA) is 37.6 Å². The number of rotatable bonds is 4. The normalized spacial score (nSPS) is 15.4. The first kappa shape index (κ1) is 15.8. The van der Waals surface area contributed by atoms with E-state index in [0.29, 0.717) is 5.69 Å². The van der Waals surface area contributed by atoms with Gasteiger partial charge in [0.05, 0.1) is 0 Å². The summed E-state index contributed by atoms with van der Waals surface area (Å²) < 4.78 is 15.3. The first-order valence-corrected chi connectivity index (χ1v) is 8.74. The molecule has 1 saturated carbocycles. The molecular weight excluding hydrogens is 317 g/mol. The maximum atomic E-state index is 13.3. The number of aromatic nitrogens is 2. The minimum Gasteiger partial charge on any atom is -0.296 e. The van der Waals surface area contributed by atoms with Gasteiger partial charge in [-0.15, -0.1) is 0 Å². The molecular formula is C20H20FN3O. The number of hydrogen-bond donors (Lipinski definition) is 0. The largest absolute Gasteiger partial charge is 0.296 e. The van der Waals surface area contributed by atoms with E-state index < -0.39 is 0 Å². The van der Waals surface area contributed by atoms with Crippen LogP contribution in [0, 0.1) is 5.82 Å². The standard InChI is InChI=1S/C20H20FN3O/c21-16-11-9-15(10-12-16)19-20(23-13-5-4-8-18(23)22-19)24(14-25)17-6-2-1-3-7-17/h4-5,8-14,17H,1-3,6-7H2. The third-order valence-electron chi connectivity index (χ3n) is 4.95. The zero-order chi connectivity index (χ0) is 17.2. The molecule has 1 aliphatic rings. The molecule has 0 N–H and O–H groups in total. The molecule has 1 amide bonds. The molecule has 2 heterocycles. The molecule has 0 bridgehead atoms. The minimum atomic E-state index is -0.284. The highest BCUT2D eigenvalue weighted by molar-refractivity contribution is 5.86. The molecule has 4 nitrogen and oxygen atoms in total. The predicted molar refractivity (Wildman–Crippen MR) is 96.0 cm³/mol. The fourth-order valence-corrected chi connectivity index (χ4v) is 3.70. The molecule has 0 radical (unpaired) electrons. The SMILES string of the molecule is O=CN(c1c(-c2ccc(F)cc2)nc2ccccn12)C1CCCCC1. The van der Waals surface area contributed by atoms with Gasteiger partial charge in [-0.2, -0.15) is 0 Å². The van der Waals surface area contributed by atoms with Crippen LogP contribution in [0.25, 0.3) is 16.9 Å². The van der Waals surface area contributed by atoms with E-state index in [1.54, 1.807) is 12.1 Å². The monoisotopic (exact) mass is 337 g/mol. The molecule has 4 rings (SSSR count). The number of halogens is 1. The van der Waals surface area contributed by atoms with Crippen LogP contribution in [0.2, 0.25) is 0 Å². The predicted octanol–water partition coefficient (Wildman–Crippen LogP) is 4.44. The van der Waals surface area contributed by atoms with Gasteiger partial charge in [0.1, 0.15) is 23.0 Å². The van der Waals surface area contributed by atoms with Crippen molar-refractivity contribution in [1.82, 2.24) is 9.38 Å². The van der Waals surface area contributed by atoms with E-state index in [0.717, 1.165) is 49.1 Å². The van der Waals surface area contributed by atoms with Crippen molar-refractivity contribution in [2.24, 2.45) is 0 Å². The van der Waals surface area contributed by atoms with E-state index in [2.05, 4.69) is 0 Å². The Balaban J connectivity index is 1.89. The average Bonchev–Trinajstić information content (AvgIpc) is 3.04. The lowest BCUT2D eigenvalue weighted by atomic mass is 9.94. The van der Waals surface area contributed by atoms with E-state index >= 15 is 0 Å². The van der Waals surface area contributed by atoms with Crippen LogP contribution in [0.3, 0.4) is 0 Å². The van der Waals surface area contributed by atoms with E-state index in [-0.39, 0.29) is 11.9 Å². The highest BCUT2D eigenvalue weighted by Gasteiger charge is 2.27. The summed E-state index contributed by atoms with van der Waals surface area (Å²) in [5, 5.41) is 0. The van der Waals surface area contributed by atoms with Crippen LogP contribution in [0.15, 0.2) is 48.7 Å². The van der Waals surface area contributed by atoms with Crippen molar-refractivity contribution >= 4 is 17.9 Å². The van der Waals surface area contributed by atoms with Crippen LogP contribution < -0.4 is 4.90 Å². The summed E-state index contributed by atoms with van der Waals surface area (Å²) in [6.45, 7) is 0. The number of hydrogen-bond acceptors (Lipinski definition) is 2. The summed E-state index contributed by atoms with van der Waals surface area (Å²) in [5.74, 6) is 0.484. The van der Waals surface area contributed by atoms with Crippen molar-refractivity contribution in [2.45, 2.75) is 38.1 Å². The lowest BCUT2D eigenvalue weighted by molar-refractivity contribution is -0.108. The Kier molecular flexibility index (Phi) is 4.22. The zero-order valence-corrected chi connectivity index (χ0v) is 13.9. The van der Waals surface area contributed by atoms with Crippen molar-refractivity contribution < 1.29 is 9.18 Å². The van der Waals surface area contributed by atoms with Gasteiger partial charge in [0, 0.05) is 17.8 Å². The Morgan fingerprint density at radius 3 is 2.56 bits per heavy atom. The highest BCUT2D eigenvalue weighted by Crippen LogP contribution is 2.35. The second-order valence-corrected chi connectivity index (χ2v) is 6.52. The first-order chi connectivity index (χ1) is 12.3. The van der Waals surface area contributed by atoms with Crippen LogP contribution in [-0.2, 0) is 4.79 Å². The van der Waals surface area contributed by atoms with E-state index in [1.165, 1.54) is 18.6 Å². The lowest BCUT2D eigenvalue weighted by Gasteiger charge is -2.31. The van der Waals surface area contributed by atoms with Gasteiger partial charge in [0.2, 0.25) is 6.41 Å². The third-order valence-corrected chi connectivity index (χ3v) is 4.95. The van der Waals surface area contributed by atoms with Gasteiger partial charge in [0.25, 0.3) is 0 Å². The molecule has 1 aliphatic carbocycles. The van der Waals surface area contributed by atoms with Crippen molar-refractivity contribution in [2.75, 3.05) is 4.90 Å². The molecule has 0 atom stereocenters. The highest BCUT2D eigenvalue weighted by atomic mass is 19.1. The van der Waals surface area contributed by atoms with E-state index in [4.69, 9.17) is 4.98 Å². The van der Waals surface area contributed by atoms with Crippen LogP contribution in [0.4, 0.5) is 10.2 Å². The summed E-state index contributed by atoms with van der Waals surface area (Å²) in [6.07, 6.45) is 8.34. The maximum absolute atomic E-state index is 13.3. The average molecular weight is 337 g/mol. The molecule has 2 aromatic heterocycles. The summed E-state index contributed by atoms with van der Waals surface area (Å²) in [5.41, 5.74) is 2.30. The number of amides is 1. The van der Waals surface area contributed by atoms with E-state index in [9.17, 15) is 9.18 Å². The number of benzene rings is 1. The first-order valence-electron chi connectivity index (χ1n) is 8.74. The number of anilines is 1. The molecule has 1 fully saturated rings. The number of carbonyl (C=O) groups excluding carboxylic acids is 1. The molecule has 5 heteroatoms. The van der Waals surface area contributed by atoms with E-state index in [1.807, 2.05) is 33.7 Å². The van der Waals surface area contributed by atoms with Gasteiger partial charge in [-0.1, -0.05) is 25.3 Å². The number of imidazole rings is 1. The number of pyridine rings is 1. The number of nitrogens with zero attached hydrogens (tertiary/aromatic N) is 3.